The van der Waals surface area contributed by atoms with Gasteiger partial charge in [-0.3, -0.25) is 14.5 Å². The van der Waals surface area contributed by atoms with Gasteiger partial charge in [-0.15, -0.1) is 0 Å². The fourth-order valence-corrected chi connectivity index (χ4v) is 7.44. The molecule has 1 heterocycles. The summed E-state index contributed by atoms with van der Waals surface area (Å²) in [5.41, 5.74) is 4.04. The molecular weight excluding hydrogens is 310 g/mol. The van der Waals surface area contributed by atoms with Crippen molar-refractivity contribution in [1.82, 2.24) is 0 Å². The Morgan fingerprint density at radius 1 is 0.880 bits per heavy atom. The second-order valence-corrected chi connectivity index (χ2v) is 9.29. The highest BCUT2D eigenvalue weighted by atomic mass is 16.2. The maximum absolute atomic E-state index is 13.4. The lowest BCUT2D eigenvalue weighted by molar-refractivity contribution is -0.124. The summed E-state index contributed by atoms with van der Waals surface area (Å²) >= 11 is 0. The van der Waals surface area contributed by atoms with E-state index in [9.17, 15) is 9.59 Å². The minimum absolute atomic E-state index is 0.0519. The molecule has 6 unspecified atom stereocenters. The van der Waals surface area contributed by atoms with Crippen molar-refractivity contribution in [3.8, 4) is 0 Å². The molecule has 25 heavy (non-hydrogen) atoms. The highest BCUT2D eigenvalue weighted by Crippen LogP contribution is 2.74. The molecule has 128 valence electrons. The first kappa shape index (κ1) is 14.3. The molecule has 1 saturated heterocycles. The monoisotopic (exact) mass is 333 g/mol. The first-order valence-corrected chi connectivity index (χ1v) is 9.68. The van der Waals surface area contributed by atoms with Gasteiger partial charge in [0.15, 0.2) is 0 Å². The summed E-state index contributed by atoms with van der Waals surface area (Å²) in [7, 11) is 0. The van der Waals surface area contributed by atoms with Crippen LogP contribution < -0.4 is 4.90 Å². The highest BCUT2D eigenvalue weighted by Gasteiger charge is 2.73. The van der Waals surface area contributed by atoms with Crippen LogP contribution in [-0.4, -0.2) is 11.8 Å². The minimum Gasteiger partial charge on any atom is -0.274 e. The maximum atomic E-state index is 13.4. The third kappa shape index (κ3) is 1.43. The summed E-state index contributed by atoms with van der Waals surface area (Å²) in [6.07, 6.45) is 3.88. The summed E-state index contributed by atoms with van der Waals surface area (Å²) in [4.78, 5) is 28.2. The van der Waals surface area contributed by atoms with E-state index in [1.807, 2.05) is 30.3 Å². The molecule has 4 bridgehead atoms. The van der Waals surface area contributed by atoms with Crippen LogP contribution in [0.3, 0.4) is 0 Å². The van der Waals surface area contributed by atoms with Crippen molar-refractivity contribution in [2.45, 2.75) is 33.1 Å². The van der Waals surface area contributed by atoms with Crippen molar-refractivity contribution < 1.29 is 9.59 Å². The third-order valence-corrected chi connectivity index (χ3v) is 8.05. The summed E-state index contributed by atoms with van der Waals surface area (Å²) in [5.74, 6) is 1.84. The predicted molar refractivity (Wildman–Crippen MR) is 94.5 cm³/mol. The molecule has 4 aliphatic carbocycles. The quantitative estimate of drug-likeness (QED) is 0.445. The van der Waals surface area contributed by atoms with Crippen molar-refractivity contribution in [1.29, 1.82) is 0 Å². The number of carbonyl (C=O) groups is 2. The number of hydrogen-bond acceptors (Lipinski definition) is 2. The number of benzene rings is 1. The molecule has 3 heteroatoms. The molecule has 1 aliphatic heterocycles. The number of para-hydroxylation sites is 1. The standard InChI is InChI=1S/C22H23NO2/c1-22(2)18-14-11-8-9-12(10-11)15(14)19(22)17-16(18)20(24)23(21(17)25)13-6-4-3-5-7-13/h3-7,11-12,16-19H,8-10H2,1-2H3. The van der Waals surface area contributed by atoms with Crippen LogP contribution in [-0.2, 0) is 9.59 Å². The Morgan fingerprint density at radius 3 is 1.92 bits per heavy atom. The minimum atomic E-state index is -0.120. The van der Waals surface area contributed by atoms with E-state index in [1.165, 1.54) is 24.2 Å². The van der Waals surface area contributed by atoms with Gasteiger partial charge < -0.3 is 0 Å². The average Bonchev–Trinajstić information content (AvgIpc) is 3.35. The molecule has 2 saturated carbocycles. The zero-order chi connectivity index (χ0) is 17.1. The molecule has 0 spiro atoms. The van der Waals surface area contributed by atoms with Gasteiger partial charge in [0, 0.05) is 0 Å². The van der Waals surface area contributed by atoms with Gasteiger partial charge in [0.05, 0.1) is 17.5 Å². The summed E-state index contributed by atoms with van der Waals surface area (Å²) < 4.78 is 0. The fourth-order valence-electron chi connectivity index (χ4n) is 7.44. The molecule has 6 rings (SSSR count). The van der Waals surface area contributed by atoms with Gasteiger partial charge >= 0.3 is 0 Å². The molecule has 5 aliphatic rings. The van der Waals surface area contributed by atoms with E-state index in [-0.39, 0.29) is 40.9 Å². The van der Waals surface area contributed by atoms with E-state index >= 15 is 0 Å². The van der Waals surface area contributed by atoms with Crippen LogP contribution in [0.1, 0.15) is 33.1 Å². The molecule has 0 aromatic heterocycles. The smallest absolute Gasteiger partial charge is 0.238 e. The number of imide groups is 1. The highest BCUT2D eigenvalue weighted by molar-refractivity contribution is 6.23. The van der Waals surface area contributed by atoms with E-state index in [0.717, 1.165) is 5.69 Å². The Kier molecular flexibility index (Phi) is 2.43. The second-order valence-electron chi connectivity index (χ2n) is 9.29. The van der Waals surface area contributed by atoms with Crippen molar-refractivity contribution in [2.75, 3.05) is 4.90 Å². The largest absolute Gasteiger partial charge is 0.274 e. The van der Waals surface area contributed by atoms with Gasteiger partial charge in [0.25, 0.3) is 0 Å². The lowest BCUT2D eigenvalue weighted by Gasteiger charge is -2.32. The van der Waals surface area contributed by atoms with Crippen LogP contribution in [0.25, 0.3) is 0 Å². The SMILES string of the molecule is CC1(C)C2C3=C(C4CCC3C4)C1C1C(=O)N(c3ccccc3)C(=O)C12. The van der Waals surface area contributed by atoms with Crippen LogP contribution in [0.15, 0.2) is 41.5 Å². The Balaban J connectivity index is 1.49. The molecule has 0 radical (unpaired) electrons. The first-order chi connectivity index (χ1) is 12.0. The molecule has 2 amide bonds. The Bertz CT molecular complexity index is 804. The van der Waals surface area contributed by atoms with Gasteiger partial charge in [-0.1, -0.05) is 43.2 Å². The van der Waals surface area contributed by atoms with E-state index < -0.39 is 0 Å². The van der Waals surface area contributed by atoms with Gasteiger partial charge in [0.2, 0.25) is 11.8 Å². The van der Waals surface area contributed by atoms with E-state index in [2.05, 4.69) is 13.8 Å². The molecule has 1 aromatic carbocycles. The summed E-state index contributed by atoms with van der Waals surface area (Å²) in [6.45, 7) is 4.62. The zero-order valence-corrected chi connectivity index (χ0v) is 14.7. The molecule has 1 aromatic rings. The Labute approximate surface area is 148 Å². The van der Waals surface area contributed by atoms with Crippen molar-refractivity contribution in [3.63, 3.8) is 0 Å². The molecule has 6 atom stereocenters. The second kappa shape index (κ2) is 4.25. The van der Waals surface area contributed by atoms with Gasteiger partial charge in [0.1, 0.15) is 0 Å². The summed E-state index contributed by atoms with van der Waals surface area (Å²) in [6, 6.07) is 9.50. The predicted octanol–water partition coefficient (Wildman–Crippen LogP) is 3.80. The summed E-state index contributed by atoms with van der Waals surface area (Å²) in [5, 5.41) is 0. The van der Waals surface area contributed by atoms with Gasteiger partial charge in [-0.25, -0.2) is 0 Å². The van der Waals surface area contributed by atoms with E-state index in [0.29, 0.717) is 11.8 Å². The third-order valence-electron chi connectivity index (χ3n) is 8.05. The number of fused-ring (bicyclic) bond motifs is 11. The molecule has 3 fully saturated rings. The topological polar surface area (TPSA) is 37.4 Å². The van der Waals surface area contributed by atoms with E-state index in [1.54, 1.807) is 11.1 Å². The number of allylic oxidation sites excluding steroid dienone is 2. The molecular formula is C22H23NO2. The number of amides is 2. The molecule has 0 N–H and O–H groups in total. The number of nitrogens with zero attached hydrogens (tertiary/aromatic N) is 1. The van der Waals surface area contributed by atoms with Crippen LogP contribution in [0.4, 0.5) is 5.69 Å². The van der Waals surface area contributed by atoms with E-state index in [4.69, 9.17) is 0 Å². The van der Waals surface area contributed by atoms with Crippen LogP contribution >= 0.6 is 0 Å². The van der Waals surface area contributed by atoms with Crippen molar-refractivity contribution in [3.05, 3.63) is 41.5 Å². The Morgan fingerprint density at radius 2 is 1.40 bits per heavy atom. The van der Waals surface area contributed by atoms with Gasteiger partial charge in [-0.05, 0) is 60.5 Å². The number of carbonyl (C=O) groups excluding carboxylic acids is 2. The normalized spacial score (nSPS) is 42.6. The number of anilines is 1. The van der Waals surface area contributed by atoms with Crippen LogP contribution in [0.2, 0.25) is 0 Å². The lowest BCUT2D eigenvalue weighted by atomic mass is 9.72. The number of rotatable bonds is 1. The first-order valence-electron chi connectivity index (χ1n) is 9.68. The maximum Gasteiger partial charge on any atom is 0.238 e. The lowest BCUT2D eigenvalue weighted by Crippen LogP contribution is -2.37. The average molecular weight is 333 g/mol. The van der Waals surface area contributed by atoms with Gasteiger partial charge in [-0.2, -0.15) is 0 Å². The van der Waals surface area contributed by atoms with Crippen molar-refractivity contribution >= 4 is 17.5 Å². The van der Waals surface area contributed by atoms with Crippen LogP contribution in [0, 0.1) is 40.9 Å². The molecule has 3 nitrogen and oxygen atoms in total. The number of hydrogen-bond donors (Lipinski definition) is 0. The van der Waals surface area contributed by atoms with Crippen molar-refractivity contribution in [2.24, 2.45) is 40.9 Å². The Hall–Kier alpha value is -1.90. The van der Waals surface area contributed by atoms with Crippen LogP contribution in [0.5, 0.6) is 0 Å². The fraction of sp³-hybridized carbons (Fsp3) is 0.545. The zero-order valence-electron chi connectivity index (χ0n) is 14.7.